The van der Waals surface area contributed by atoms with Crippen LogP contribution in [0.3, 0.4) is 0 Å². The molecule has 0 aliphatic heterocycles. The maximum absolute atomic E-state index is 13.0. The van der Waals surface area contributed by atoms with E-state index in [0.29, 0.717) is 10.9 Å². The zero-order valence-corrected chi connectivity index (χ0v) is 19.4. The third-order valence-corrected chi connectivity index (χ3v) is 5.54. The fourth-order valence-corrected chi connectivity index (χ4v) is 3.88. The number of hydrogen-bond acceptors (Lipinski definition) is 12. The lowest BCUT2D eigenvalue weighted by Crippen LogP contribution is -2.18. The van der Waals surface area contributed by atoms with Crippen LogP contribution >= 0.6 is 11.3 Å². The first-order chi connectivity index (χ1) is 17.5. The number of amides is 1. The Labute approximate surface area is 206 Å². The molecule has 13 nitrogen and oxygen atoms in total. The van der Waals surface area contributed by atoms with Gasteiger partial charge in [-0.3, -0.25) is 10.1 Å². The van der Waals surface area contributed by atoms with Crippen LogP contribution in [0.15, 0.2) is 45.7 Å². The molecule has 3 heterocycles. The van der Waals surface area contributed by atoms with Gasteiger partial charge >= 0.3 is 5.63 Å². The van der Waals surface area contributed by atoms with Gasteiger partial charge in [0, 0.05) is 24.3 Å². The number of nitrogens with two attached hydrogens (primary N) is 1. The van der Waals surface area contributed by atoms with Crippen molar-refractivity contribution in [2.45, 2.75) is 0 Å². The van der Waals surface area contributed by atoms with Gasteiger partial charge in [0.1, 0.15) is 12.4 Å². The first kappa shape index (κ1) is 24.1. The van der Waals surface area contributed by atoms with Crippen molar-refractivity contribution in [1.29, 1.82) is 10.5 Å². The number of anilines is 2. The molecular formula is C22H16N8O5S. The number of carbonyl (C=O) groups is 1. The van der Waals surface area contributed by atoms with Gasteiger partial charge in [0.2, 0.25) is 16.0 Å². The molecule has 0 saturated carbocycles. The number of carbonyl (C=O) groups excluding carboxylic acids is 1. The van der Waals surface area contributed by atoms with Crippen LogP contribution in [0.1, 0.15) is 21.7 Å². The standard InChI is InChI=1S/C22H16N8O5S/c1-33-7-8-34-18-14(17-12(10-23)3-2-4-13(17)11-24)9-15(35-20(18)32)19(31)27-21-28-29-22(36-21)30-16(25)5-6-26-30/h2-6,9H,7-8,25H2,1H3,(H,27,28,31). The van der Waals surface area contributed by atoms with E-state index in [4.69, 9.17) is 19.6 Å². The summed E-state index contributed by atoms with van der Waals surface area (Å²) >= 11 is 0.983. The lowest BCUT2D eigenvalue weighted by Gasteiger charge is -2.13. The van der Waals surface area contributed by atoms with E-state index in [1.807, 2.05) is 12.1 Å². The van der Waals surface area contributed by atoms with Crippen molar-refractivity contribution in [2.75, 3.05) is 31.4 Å². The van der Waals surface area contributed by atoms with E-state index in [-0.39, 0.29) is 46.3 Å². The zero-order chi connectivity index (χ0) is 25.7. The topological polar surface area (TPSA) is 195 Å². The van der Waals surface area contributed by atoms with Crippen molar-refractivity contribution in [2.24, 2.45) is 0 Å². The minimum Gasteiger partial charge on any atom is -0.484 e. The van der Waals surface area contributed by atoms with E-state index >= 15 is 0 Å². The van der Waals surface area contributed by atoms with Gasteiger partial charge in [0.25, 0.3) is 5.91 Å². The molecule has 0 bridgehead atoms. The molecule has 36 heavy (non-hydrogen) atoms. The molecule has 3 N–H and O–H groups in total. The summed E-state index contributed by atoms with van der Waals surface area (Å²) in [4.78, 5) is 25.8. The Morgan fingerprint density at radius 3 is 2.61 bits per heavy atom. The lowest BCUT2D eigenvalue weighted by atomic mass is 9.95. The third-order valence-electron chi connectivity index (χ3n) is 4.73. The zero-order valence-electron chi connectivity index (χ0n) is 18.6. The molecule has 0 unspecified atom stereocenters. The van der Waals surface area contributed by atoms with Crippen LogP contribution in [0.2, 0.25) is 0 Å². The fraction of sp³-hybridized carbons (Fsp3) is 0.136. The number of ether oxygens (including phenoxy) is 2. The summed E-state index contributed by atoms with van der Waals surface area (Å²) in [5.74, 6) is -1.16. The van der Waals surface area contributed by atoms with Gasteiger partial charge in [-0.2, -0.15) is 20.3 Å². The number of nitriles is 2. The average molecular weight is 504 g/mol. The summed E-state index contributed by atoms with van der Waals surface area (Å²) in [6.45, 7) is 0.146. The van der Waals surface area contributed by atoms with Crippen molar-refractivity contribution in [3.05, 3.63) is 63.8 Å². The number of benzene rings is 1. The SMILES string of the molecule is COCCOc1c(-c2c(C#N)cccc2C#N)cc(C(=O)Nc2nnc(-n3nccc3N)s2)oc1=O. The Hall–Kier alpha value is -5.05. The Morgan fingerprint density at radius 2 is 1.97 bits per heavy atom. The molecule has 3 aromatic heterocycles. The summed E-state index contributed by atoms with van der Waals surface area (Å²) in [5.41, 5.74) is 5.21. The fourth-order valence-electron chi connectivity index (χ4n) is 3.16. The second kappa shape index (κ2) is 10.5. The summed E-state index contributed by atoms with van der Waals surface area (Å²) < 4.78 is 17.0. The van der Waals surface area contributed by atoms with Crippen molar-refractivity contribution in [1.82, 2.24) is 20.0 Å². The highest BCUT2D eigenvalue weighted by Gasteiger charge is 2.24. The Morgan fingerprint density at radius 1 is 1.22 bits per heavy atom. The lowest BCUT2D eigenvalue weighted by molar-refractivity contribution is 0.0990. The van der Waals surface area contributed by atoms with E-state index in [1.54, 1.807) is 6.07 Å². The Balaban J connectivity index is 1.75. The summed E-state index contributed by atoms with van der Waals surface area (Å²) in [6.07, 6.45) is 1.48. The number of nitrogens with one attached hydrogen (secondary N) is 1. The number of methoxy groups -OCH3 is 1. The van der Waals surface area contributed by atoms with Crippen LogP contribution in [0.5, 0.6) is 5.75 Å². The first-order valence-corrected chi connectivity index (χ1v) is 11.0. The van der Waals surface area contributed by atoms with Gasteiger partial charge in [0.05, 0.1) is 36.1 Å². The van der Waals surface area contributed by atoms with Crippen LogP contribution < -0.4 is 21.4 Å². The van der Waals surface area contributed by atoms with Gasteiger partial charge in [-0.25, -0.2) is 4.79 Å². The van der Waals surface area contributed by atoms with Crippen LogP contribution in [0, 0.1) is 22.7 Å². The predicted octanol–water partition coefficient (Wildman–Crippen LogP) is 1.95. The molecule has 4 aromatic rings. The molecule has 0 radical (unpaired) electrons. The molecule has 14 heteroatoms. The van der Waals surface area contributed by atoms with Gasteiger partial charge in [-0.1, -0.05) is 17.4 Å². The molecule has 180 valence electrons. The number of nitrogen functional groups attached to an aromatic ring is 1. The van der Waals surface area contributed by atoms with E-state index < -0.39 is 17.3 Å². The van der Waals surface area contributed by atoms with Crippen molar-refractivity contribution in [3.63, 3.8) is 0 Å². The third kappa shape index (κ3) is 4.76. The van der Waals surface area contributed by atoms with Gasteiger partial charge < -0.3 is 19.6 Å². The molecule has 4 rings (SSSR count). The monoisotopic (exact) mass is 504 g/mol. The molecule has 1 aromatic carbocycles. The summed E-state index contributed by atoms with van der Waals surface area (Å²) in [7, 11) is 1.46. The minimum atomic E-state index is -0.979. The second-order valence-electron chi connectivity index (χ2n) is 6.95. The Bertz CT molecular complexity index is 1540. The number of hydrogen-bond donors (Lipinski definition) is 2. The highest BCUT2D eigenvalue weighted by Crippen LogP contribution is 2.34. The number of aromatic nitrogens is 4. The quantitative estimate of drug-likeness (QED) is 0.333. The molecule has 0 atom stereocenters. The van der Waals surface area contributed by atoms with E-state index in [2.05, 4.69) is 20.6 Å². The van der Waals surface area contributed by atoms with E-state index in [9.17, 15) is 20.1 Å². The van der Waals surface area contributed by atoms with Crippen LogP contribution in [0.25, 0.3) is 16.3 Å². The van der Waals surface area contributed by atoms with Gasteiger partial charge in [0.15, 0.2) is 5.76 Å². The van der Waals surface area contributed by atoms with Crippen LogP contribution in [-0.4, -0.2) is 46.2 Å². The minimum absolute atomic E-state index is 0.0134. The largest absolute Gasteiger partial charge is 0.484 e. The highest BCUT2D eigenvalue weighted by molar-refractivity contribution is 7.17. The molecule has 0 aliphatic rings. The van der Waals surface area contributed by atoms with Crippen molar-refractivity contribution >= 4 is 28.2 Å². The number of rotatable bonds is 8. The Kier molecular flexibility index (Phi) is 7.01. The molecule has 0 spiro atoms. The smallest absolute Gasteiger partial charge is 0.379 e. The van der Waals surface area contributed by atoms with Crippen molar-refractivity contribution < 1.29 is 18.7 Å². The molecule has 0 saturated heterocycles. The van der Waals surface area contributed by atoms with Crippen LogP contribution in [-0.2, 0) is 4.74 Å². The highest BCUT2D eigenvalue weighted by atomic mass is 32.1. The number of nitrogens with zero attached hydrogens (tertiary/aromatic N) is 6. The molecule has 0 aliphatic carbocycles. The van der Waals surface area contributed by atoms with Crippen molar-refractivity contribution in [3.8, 4) is 34.1 Å². The van der Waals surface area contributed by atoms with Gasteiger partial charge in [-0.15, -0.1) is 10.2 Å². The molecular weight excluding hydrogens is 488 g/mol. The first-order valence-electron chi connectivity index (χ1n) is 10.1. The van der Waals surface area contributed by atoms with E-state index in [1.165, 1.54) is 42.3 Å². The summed E-state index contributed by atoms with van der Waals surface area (Å²) in [6, 6.07) is 11.3. The predicted molar refractivity (Wildman–Crippen MR) is 127 cm³/mol. The maximum atomic E-state index is 13.0. The van der Waals surface area contributed by atoms with Crippen LogP contribution in [0.4, 0.5) is 10.9 Å². The average Bonchev–Trinajstić information content (AvgIpc) is 3.52. The van der Waals surface area contributed by atoms with Gasteiger partial charge in [-0.05, 0) is 18.2 Å². The van der Waals surface area contributed by atoms with E-state index in [0.717, 1.165) is 11.3 Å². The summed E-state index contributed by atoms with van der Waals surface area (Å²) in [5, 5.41) is 33.9. The normalized spacial score (nSPS) is 10.4. The maximum Gasteiger partial charge on any atom is 0.379 e. The second-order valence-corrected chi connectivity index (χ2v) is 7.90. The molecule has 0 fully saturated rings. The molecule has 1 amide bonds.